The van der Waals surface area contributed by atoms with Crippen molar-refractivity contribution in [2.75, 3.05) is 7.11 Å². The van der Waals surface area contributed by atoms with E-state index in [9.17, 15) is 22.0 Å². The van der Waals surface area contributed by atoms with Crippen molar-refractivity contribution in [1.29, 1.82) is 0 Å². The van der Waals surface area contributed by atoms with E-state index in [4.69, 9.17) is 4.74 Å². The quantitative estimate of drug-likeness (QED) is 0.476. The van der Waals surface area contributed by atoms with Gasteiger partial charge in [-0.1, -0.05) is 0 Å². The predicted molar refractivity (Wildman–Crippen MR) is 64.2 cm³/mol. The first-order chi connectivity index (χ1) is 9.42. The summed E-state index contributed by atoms with van der Waals surface area (Å²) >= 11 is 0. The molecule has 0 atom stereocenters. The van der Waals surface area contributed by atoms with Gasteiger partial charge in [0.05, 0.1) is 7.11 Å². The van der Waals surface area contributed by atoms with Crippen LogP contribution in [0.4, 0.5) is 22.0 Å². The monoisotopic (exact) mass is 285 g/mol. The fourth-order valence-electron chi connectivity index (χ4n) is 1.75. The molecular weight excluding hydrogens is 278 g/mol. The molecule has 1 nitrogen and oxygen atoms in total. The van der Waals surface area contributed by atoms with Gasteiger partial charge in [-0.15, -0.1) is 0 Å². The van der Waals surface area contributed by atoms with Crippen LogP contribution in [-0.4, -0.2) is 14.4 Å². The van der Waals surface area contributed by atoms with Gasteiger partial charge in [0.15, 0.2) is 17.5 Å². The molecule has 20 heavy (non-hydrogen) atoms. The SMILES string of the molecule is COc1c(F)cc(F)cc1[B]c1cc(F)cc(F)c1F. The van der Waals surface area contributed by atoms with E-state index in [2.05, 4.69) is 0 Å². The number of ether oxygens (including phenoxy) is 1. The van der Waals surface area contributed by atoms with E-state index in [-0.39, 0.29) is 11.2 Å². The van der Waals surface area contributed by atoms with Crippen molar-refractivity contribution in [2.45, 2.75) is 0 Å². The van der Waals surface area contributed by atoms with E-state index in [1.54, 1.807) is 0 Å². The predicted octanol–water partition coefficient (Wildman–Crippen LogP) is 2.05. The Morgan fingerprint density at radius 1 is 0.800 bits per heavy atom. The van der Waals surface area contributed by atoms with Crippen LogP contribution in [0.2, 0.25) is 0 Å². The fourth-order valence-corrected chi connectivity index (χ4v) is 1.75. The molecule has 1 radical (unpaired) electrons. The number of rotatable bonds is 3. The Bertz CT molecular complexity index is 660. The summed E-state index contributed by atoms with van der Waals surface area (Å²) in [6.45, 7) is 0. The molecule has 0 N–H and O–H groups in total. The summed E-state index contributed by atoms with van der Waals surface area (Å²) in [5.41, 5.74) is -0.653. The zero-order valence-corrected chi connectivity index (χ0v) is 10.2. The third-order valence-corrected chi connectivity index (χ3v) is 2.57. The Morgan fingerprint density at radius 2 is 1.35 bits per heavy atom. The molecule has 0 unspecified atom stereocenters. The van der Waals surface area contributed by atoms with E-state index in [1.165, 1.54) is 0 Å². The fraction of sp³-hybridized carbons (Fsp3) is 0.0769. The normalized spacial score (nSPS) is 10.5. The minimum atomic E-state index is -1.40. The summed E-state index contributed by atoms with van der Waals surface area (Å²) in [7, 11) is 2.03. The van der Waals surface area contributed by atoms with Gasteiger partial charge in [-0.25, -0.2) is 22.0 Å². The minimum Gasteiger partial charge on any atom is -0.494 e. The second kappa shape index (κ2) is 5.52. The molecule has 2 rings (SSSR count). The van der Waals surface area contributed by atoms with Crippen LogP contribution in [-0.2, 0) is 0 Å². The van der Waals surface area contributed by atoms with Crippen LogP contribution in [0, 0.1) is 29.1 Å². The van der Waals surface area contributed by atoms with E-state index < -0.39 is 34.5 Å². The molecular formula is C13H7BF5O. The molecule has 0 spiro atoms. The van der Waals surface area contributed by atoms with E-state index in [0.29, 0.717) is 18.2 Å². The Hall–Kier alpha value is -2.05. The summed E-state index contributed by atoms with van der Waals surface area (Å²) in [5, 5.41) is 0. The topological polar surface area (TPSA) is 9.23 Å². The van der Waals surface area contributed by atoms with Crippen LogP contribution in [0.15, 0.2) is 24.3 Å². The lowest BCUT2D eigenvalue weighted by Crippen LogP contribution is -2.32. The lowest BCUT2D eigenvalue weighted by molar-refractivity contribution is 0.388. The molecule has 2 aromatic rings. The zero-order valence-electron chi connectivity index (χ0n) is 10.2. The lowest BCUT2D eigenvalue weighted by atomic mass is 9.63. The van der Waals surface area contributed by atoms with Gasteiger partial charge in [-0.3, -0.25) is 0 Å². The van der Waals surface area contributed by atoms with Gasteiger partial charge in [0.25, 0.3) is 0 Å². The van der Waals surface area contributed by atoms with Crippen LogP contribution in [0.5, 0.6) is 5.75 Å². The first-order valence-corrected chi connectivity index (χ1v) is 5.44. The van der Waals surface area contributed by atoms with Crippen LogP contribution in [0.25, 0.3) is 0 Å². The second-order valence-electron chi connectivity index (χ2n) is 3.95. The number of hydrogen-bond donors (Lipinski definition) is 0. The van der Waals surface area contributed by atoms with Gasteiger partial charge in [0.2, 0.25) is 7.28 Å². The number of halogens is 5. The molecule has 0 bridgehead atoms. The van der Waals surface area contributed by atoms with Crippen molar-refractivity contribution >= 4 is 18.2 Å². The van der Waals surface area contributed by atoms with Crippen LogP contribution < -0.4 is 15.7 Å². The van der Waals surface area contributed by atoms with Crippen LogP contribution >= 0.6 is 0 Å². The Labute approximate surface area is 112 Å². The summed E-state index contributed by atoms with van der Waals surface area (Å²) in [4.78, 5) is 0. The van der Waals surface area contributed by atoms with Gasteiger partial charge >= 0.3 is 0 Å². The van der Waals surface area contributed by atoms with Gasteiger partial charge in [0.1, 0.15) is 17.4 Å². The summed E-state index contributed by atoms with van der Waals surface area (Å²) in [6.07, 6.45) is 0. The average molecular weight is 285 g/mol. The van der Waals surface area contributed by atoms with Crippen molar-refractivity contribution in [3.63, 3.8) is 0 Å². The molecule has 0 aliphatic carbocycles. The zero-order chi connectivity index (χ0) is 14.9. The first-order valence-electron chi connectivity index (χ1n) is 5.44. The smallest absolute Gasteiger partial charge is 0.200 e. The molecule has 0 heterocycles. The molecule has 103 valence electrons. The molecule has 2 aromatic carbocycles. The third-order valence-electron chi connectivity index (χ3n) is 2.57. The molecule has 0 saturated carbocycles. The van der Waals surface area contributed by atoms with E-state index in [1.807, 2.05) is 0 Å². The van der Waals surface area contributed by atoms with Crippen LogP contribution in [0.1, 0.15) is 0 Å². The van der Waals surface area contributed by atoms with Crippen LogP contribution in [0.3, 0.4) is 0 Å². The average Bonchev–Trinajstić information content (AvgIpc) is 2.35. The van der Waals surface area contributed by atoms with Crippen molar-refractivity contribution in [2.24, 2.45) is 0 Å². The van der Waals surface area contributed by atoms with Crippen molar-refractivity contribution in [3.8, 4) is 5.75 Å². The van der Waals surface area contributed by atoms with Gasteiger partial charge in [-0.2, -0.15) is 0 Å². The van der Waals surface area contributed by atoms with Crippen molar-refractivity contribution < 1.29 is 26.7 Å². The highest BCUT2D eigenvalue weighted by molar-refractivity contribution is 6.68. The largest absolute Gasteiger partial charge is 0.494 e. The maximum Gasteiger partial charge on any atom is 0.200 e. The maximum absolute atomic E-state index is 13.5. The molecule has 0 aromatic heterocycles. The first kappa shape index (κ1) is 14.4. The van der Waals surface area contributed by atoms with Gasteiger partial charge < -0.3 is 4.74 Å². The van der Waals surface area contributed by atoms with Crippen molar-refractivity contribution in [1.82, 2.24) is 0 Å². The Morgan fingerprint density at radius 3 is 1.95 bits per heavy atom. The lowest BCUT2D eigenvalue weighted by Gasteiger charge is -2.10. The third kappa shape index (κ3) is 2.76. The number of hydrogen-bond acceptors (Lipinski definition) is 1. The number of methoxy groups -OCH3 is 1. The van der Waals surface area contributed by atoms with Gasteiger partial charge in [-0.05, 0) is 23.1 Å². The molecule has 0 fully saturated rings. The Balaban J connectivity index is 2.50. The summed E-state index contributed by atoms with van der Waals surface area (Å²) in [5.74, 6) is -6.01. The molecule has 0 saturated heterocycles. The molecule has 0 amide bonds. The standard InChI is InChI=1S/C13H7BF5O/c1-20-13-9(3-7(16)5-11(13)18)14-8-2-6(15)4-10(17)12(8)19/h2-5H,1H3. The highest BCUT2D eigenvalue weighted by Crippen LogP contribution is 2.15. The highest BCUT2D eigenvalue weighted by atomic mass is 19.2. The highest BCUT2D eigenvalue weighted by Gasteiger charge is 2.18. The van der Waals surface area contributed by atoms with E-state index in [0.717, 1.165) is 20.5 Å². The minimum absolute atomic E-state index is 0.172. The maximum atomic E-state index is 13.5. The Kier molecular flexibility index (Phi) is 3.97. The molecule has 0 aliphatic heterocycles. The van der Waals surface area contributed by atoms with Gasteiger partial charge in [0, 0.05) is 12.1 Å². The van der Waals surface area contributed by atoms with E-state index >= 15 is 0 Å². The summed E-state index contributed by atoms with van der Waals surface area (Å²) in [6, 6.07) is 2.53. The second-order valence-corrected chi connectivity index (χ2v) is 3.95. The molecule has 7 heteroatoms. The molecule has 0 aliphatic rings. The van der Waals surface area contributed by atoms with Crippen molar-refractivity contribution in [3.05, 3.63) is 53.4 Å². The summed E-state index contributed by atoms with van der Waals surface area (Å²) < 4.78 is 70.9. The number of benzene rings is 2.